The fourth-order valence-corrected chi connectivity index (χ4v) is 4.82. The van der Waals surface area contributed by atoms with Crippen molar-refractivity contribution in [2.24, 2.45) is 10.2 Å². The van der Waals surface area contributed by atoms with Crippen LogP contribution in [-0.2, 0) is 9.59 Å². The molecule has 1 fully saturated rings. The molecule has 1 saturated heterocycles. The van der Waals surface area contributed by atoms with Gasteiger partial charge in [-0.05, 0) is 35.9 Å². The number of halogens is 1. The Balaban J connectivity index is 1.30. The molecule has 3 N–H and O–H groups in total. The van der Waals surface area contributed by atoms with Gasteiger partial charge in [-0.2, -0.15) is 5.10 Å². The summed E-state index contributed by atoms with van der Waals surface area (Å²) in [5.41, 5.74) is 4.50. The first-order chi connectivity index (χ1) is 17.1. The molecule has 7 nitrogen and oxygen atoms in total. The van der Waals surface area contributed by atoms with Crippen LogP contribution in [0, 0.1) is 0 Å². The predicted octanol–water partition coefficient (Wildman–Crippen LogP) is 5.44. The Bertz CT molecular complexity index is 1450. The monoisotopic (exact) mass is 501 g/mol. The van der Waals surface area contributed by atoms with E-state index in [0.717, 1.165) is 27.7 Å². The number of hydrogen-bond acceptors (Lipinski definition) is 5. The van der Waals surface area contributed by atoms with Crippen molar-refractivity contribution in [1.29, 1.82) is 0 Å². The number of aromatic nitrogens is 1. The van der Waals surface area contributed by atoms with E-state index in [1.54, 1.807) is 30.5 Å². The number of rotatable bonds is 6. The zero-order valence-electron chi connectivity index (χ0n) is 18.4. The van der Waals surface area contributed by atoms with Crippen LogP contribution in [0.4, 0.5) is 5.69 Å². The summed E-state index contributed by atoms with van der Waals surface area (Å²) in [6.07, 6.45) is 1.70. The van der Waals surface area contributed by atoms with E-state index in [1.165, 1.54) is 11.8 Å². The summed E-state index contributed by atoms with van der Waals surface area (Å²) in [6, 6.07) is 24.8. The van der Waals surface area contributed by atoms with Gasteiger partial charge in [0.2, 0.25) is 11.8 Å². The highest BCUT2D eigenvalue weighted by atomic mass is 35.5. The fraction of sp³-hybridized carbons (Fsp3) is 0.0769. The van der Waals surface area contributed by atoms with Crippen LogP contribution in [0.15, 0.2) is 89.1 Å². The molecule has 3 aromatic carbocycles. The quantitative estimate of drug-likeness (QED) is 0.242. The van der Waals surface area contributed by atoms with Gasteiger partial charge in [-0.25, -0.2) is 0 Å². The minimum absolute atomic E-state index is 0.0163. The number of H-pyrrole nitrogens is 1. The minimum Gasteiger partial charge on any atom is -0.354 e. The van der Waals surface area contributed by atoms with Gasteiger partial charge in [0.05, 0.1) is 11.9 Å². The maximum Gasteiger partial charge on any atom is 0.240 e. The number of fused-ring (bicyclic) bond motifs is 1. The van der Waals surface area contributed by atoms with Gasteiger partial charge in [-0.3, -0.25) is 9.59 Å². The molecule has 0 aliphatic carbocycles. The third-order valence-corrected chi connectivity index (χ3v) is 6.74. The number of hydrogen-bond donors (Lipinski definition) is 3. The van der Waals surface area contributed by atoms with E-state index >= 15 is 0 Å². The highest BCUT2D eigenvalue weighted by Crippen LogP contribution is 2.29. The molecule has 0 radical (unpaired) electrons. The number of thioether (sulfide) groups is 1. The Hall–Kier alpha value is -3.88. The molecule has 2 heterocycles. The van der Waals surface area contributed by atoms with E-state index < -0.39 is 5.25 Å². The van der Waals surface area contributed by atoms with Crippen molar-refractivity contribution in [3.63, 3.8) is 0 Å². The first-order valence-electron chi connectivity index (χ1n) is 10.9. The van der Waals surface area contributed by atoms with Crippen LogP contribution < -0.4 is 10.6 Å². The Morgan fingerprint density at radius 2 is 1.77 bits per heavy atom. The molecule has 1 aromatic heterocycles. The zero-order chi connectivity index (χ0) is 24.2. The summed E-state index contributed by atoms with van der Waals surface area (Å²) >= 11 is 7.06. The lowest BCUT2D eigenvalue weighted by atomic mass is 10.1. The number of carbonyl (C=O) groups excluding carboxylic acids is 2. The van der Waals surface area contributed by atoms with Crippen molar-refractivity contribution < 1.29 is 9.59 Å². The van der Waals surface area contributed by atoms with Gasteiger partial charge in [0, 0.05) is 33.6 Å². The predicted molar refractivity (Wildman–Crippen MR) is 143 cm³/mol. The molecule has 5 rings (SSSR count). The normalized spacial score (nSPS) is 16.8. The SMILES string of the molecule is O=C(C[C@H]1S/C(=N\N=C/c2c(-c3ccccc3)[nH]c3ccccc23)NC1=O)Nc1ccc(Cl)cc1. The average Bonchev–Trinajstić information content (AvgIpc) is 3.41. The number of nitrogens with zero attached hydrogens (tertiary/aromatic N) is 2. The number of para-hydroxylation sites is 1. The van der Waals surface area contributed by atoms with Gasteiger partial charge in [0.25, 0.3) is 0 Å². The van der Waals surface area contributed by atoms with E-state index in [2.05, 4.69) is 25.8 Å². The second kappa shape index (κ2) is 10.2. The second-order valence-corrected chi connectivity index (χ2v) is 9.46. The molecule has 0 saturated carbocycles. The molecule has 0 unspecified atom stereocenters. The summed E-state index contributed by atoms with van der Waals surface area (Å²) in [5.74, 6) is -0.539. The van der Waals surface area contributed by atoms with Gasteiger partial charge in [-0.15, -0.1) is 5.10 Å². The summed E-state index contributed by atoms with van der Waals surface area (Å²) in [7, 11) is 0. The Morgan fingerprint density at radius 1 is 1.03 bits per heavy atom. The van der Waals surface area contributed by atoms with Crippen LogP contribution in [0.1, 0.15) is 12.0 Å². The van der Waals surface area contributed by atoms with Crippen molar-refractivity contribution in [3.8, 4) is 11.3 Å². The third-order valence-electron chi connectivity index (χ3n) is 5.42. The highest BCUT2D eigenvalue weighted by Gasteiger charge is 2.32. The van der Waals surface area contributed by atoms with Crippen LogP contribution in [0.25, 0.3) is 22.2 Å². The van der Waals surface area contributed by atoms with E-state index in [0.29, 0.717) is 15.9 Å². The van der Waals surface area contributed by atoms with Crippen molar-refractivity contribution in [2.75, 3.05) is 5.32 Å². The zero-order valence-corrected chi connectivity index (χ0v) is 19.9. The largest absolute Gasteiger partial charge is 0.354 e. The second-order valence-electron chi connectivity index (χ2n) is 7.83. The molecule has 1 aliphatic rings. The molecule has 0 bridgehead atoms. The number of nitrogens with one attached hydrogen (secondary N) is 3. The fourth-order valence-electron chi connectivity index (χ4n) is 3.77. The maximum absolute atomic E-state index is 12.4. The summed E-state index contributed by atoms with van der Waals surface area (Å²) in [4.78, 5) is 28.2. The number of carbonyl (C=O) groups is 2. The maximum atomic E-state index is 12.4. The van der Waals surface area contributed by atoms with E-state index in [9.17, 15) is 9.59 Å². The van der Waals surface area contributed by atoms with Gasteiger partial charge >= 0.3 is 0 Å². The van der Waals surface area contributed by atoms with Crippen LogP contribution in [-0.4, -0.2) is 33.4 Å². The summed E-state index contributed by atoms with van der Waals surface area (Å²) < 4.78 is 0. The Morgan fingerprint density at radius 3 is 2.57 bits per heavy atom. The lowest BCUT2D eigenvalue weighted by molar-refractivity contribution is -0.122. The number of amides is 2. The average molecular weight is 502 g/mol. The molecule has 35 heavy (non-hydrogen) atoms. The van der Waals surface area contributed by atoms with Gasteiger partial charge in [0.15, 0.2) is 5.17 Å². The molecule has 9 heteroatoms. The molecular formula is C26H20ClN5O2S. The van der Waals surface area contributed by atoms with Gasteiger partial charge < -0.3 is 15.6 Å². The van der Waals surface area contributed by atoms with Crippen LogP contribution >= 0.6 is 23.4 Å². The third kappa shape index (κ3) is 5.29. The first-order valence-corrected chi connectivity index (χ1v) is 12.1. The summed E-state index contributed by atoms with van der Waals surface area (Å²) in [5, 5.41) is 15.3. The van der Waals surface area contributed by atoms with E-state index in [4.69, 9.17) is 11.6 Å². The number of benzene rings is 3. The smallest absolute Gasteiger partial charge is 0.240 e. The van der Waals surface area contributed by atoms with Crippen LogP contribution in [0.3, 0.4) is 0 Å². The van der Waals surface area contributed by atoms with Gasteiger partial charge in [0.1, 0.15) is 5.25 Å². The van der Waals surface area contributed by atoms with E-state index in [-0.39, 0.29) is 18.2 Å². The van der Waals surface area contributed by atoms with Gasteiger partial charge in [-0.1, -0.05) is 71.9 Å². The Kier molecular flexibility index (Phi) is 6.65. The number of anilines is 1. The van der Waals surface area contributed by atoms with Crippen molar-refractivity contribution in [1.82, 2.24) is 10.3 Å². The van der Waals surface area contributed by atoms with Crippen LogP contribution in [0.5, 0.6) is 0 Å². The lowest BCUT2D eigenvalue weighted by Crippen LogP contribution is -2.28. The van der Waals surface area contributed by atoms with E-state index in [1.807, 2.05) is 54.6 Å². The molecule has 0 spiro atoms. The lowest BCUT2D eigenvalue weighted by Gasteiger charge is -2.07. The van der Waals surface area contributed by atoms with Crippen LogP contribution in [0.2, 0.25) is 5.02 Å². The molecule has 4 aromatic rings. The molecule has 2 amide bonds. The topological polar surface area (TPSA) is 98.7 Å². The number of amidine groups is 1. The first kappa shape index (κ1) is 22.9. The number of aromatic amines is 1. The molecule has 1 aliphatic heterocycles. The van der Waals surface area contributed by atoms with Crippen molar-refractivity contribution in [3.05, 3.63) is 89.4 Å². The standard InChI is InChI=1S/C26H20ClN5O2S/c27-17-10-12-18(13-11-17)29-23(33)14-22-25(34)31-26(35-22)32-28-15-20-19-8-4-5-9-21(19)30-24(20)16-6-2-1-3-7-16/h1-13,15,22,30H,14H2,(H,29,33)(H,31,32,34)/b28-15-/t22-/m1/s1. The minimum atomic E-state index is -0.579. The molecule has 174 valence electrons. The van der Waals surface area contributed by atoms with Crippen molar-refractivity contribution >= 4 is 63.1 Å². The molecular weight excluding hydrogens is 482 g/mol. The Labute approximate surface area is 210 Å². The van der Waals surface area contributed by atoms with Crippen molar-refractivity contribution in [2.45, 2.75) is 11.7 Å². The molecule has 1 atom stereocenters. The highest BCUT2D eigenvalue weighted by molar-refractivity contribution is 8.15. The summed E-state index contributed by atoms with van der Waals surface area (Å²) in [6.45, 7) is 0.